The first-order valence-electron chi connectivity index (χ1n) is 14.4. The van der Waals surface area contributed by atoms with E-state index in [1.54, 1.807) is 0 Å². The predicted molar refractivity (Wildman–Crippen MR) is 168 cm³/mol. The molecule has 0 aliphatic carbocycles. The summed E-state index contributed by atoms with van der Waals surface area (Å²) >= 11 is 6.29. The first kappa shape index (κ1) is 27.3. The number of aryl methyl sites for hydroxylation is 1. The fourth-order valence-electron chi connectivity index (χ4n) is 5.76. The van der Waals surface area contributed by atoms with Crippen molar-refractivity contribution in [3.8, 4) is 11.1 Å². The minimum Gasteiger partial charge on any atom is -0.367 e. The van der Waals surface area contributed by atoms with Gasteiger partial charge in [-0.2, -0.15) is 0 Å². The van der Waals surface area contributed by atoms with Crippen LogP contribution in [0.15, 0.2) is 85.1 Å². The monoisotopic (exact) mass is 565 g/mol. The first-order chi connectivity index (χ1) is 20.0. The molecule has 3 heterocycles. The van der Waals surface area contributed by atoms with Gasteiger partial charge in [0.25, 0.3) is 5.91 Å². The number of carbonyl (C=O) groups is 1. The average molecular weight is 566 g/mol. The number of fused-ring (bicyclic) bond motifs is 1. The summed E-state index contributed by atoms with van der Waals surface area (Å²) < 4.78 is 0. The molecule has 1 aromatic heterocycles. The van der Waals surface area contributed by atoms with Gasteiger partial charge in [0.2, 0.25) is 0 Å². The molecule has 7 heteroatoms. The summed E-state index contributed by atoms with van der Waals surface area (Å²) in [6.45, 7) is 7.57. The van der Waals surface area contributed by atoms with Crippen LogP contribution in [0.3, 0.4) is 0 Å². The van der Waals surface area contributed by atoms with Gasteiger partial charge in [0.05, 0.1) is 5.69 Å². The zero-order chi connectivity index (χ0) is 28.2. The molecule has 41 heavy (non-hydrogen) atoms. The molecule has 0 atom stereocenters. The van der Waals surface area contributed by atoms with Crippen molar-refractivity contribution in [2.75, 3.05) is 36.4 Å². The van der Waals surface area contributed by atoms with E-state index in [2.05, 4.69) is 69.8 Å². The van der Waals surface area contributed by atoms with Gasteiger partial charge in [-0.05, 0) is 72.4 Å². The molecule has 6 rings (SSSR count). The Bertz CT molecular complexity index is 1500. The van der Waals surface area contributed by atoms with E-state index in [4.69, 9.17) is 16.6 Å². The van der Waals surface area contributed by atoms with Gasteiger partial charge in [-0.25, -0.2) is 4.98 Å². The minimum atomic E-state index is -0.00566. The van der Waals surface area contributed by atoms with Crippen LogP contribution in [0.4, 0.5) is 11.5 Å². The summed E-state index contributed by atoms with van der Waals surface area (Å²) in [5.41, 5.74) is 7.61. The highest BCUT2D eigenvalue weighted by Crippen LogP contribution is 2.33. The molecular weight excluding hydrogens is 530 g/mol. The molecule has 0 saturated carbocycles. The second-order valence-electron chi connectivity index (χ2n) is 11.1. The molecule has 2 aliphatic rings. The van der Waals surface area contributed by atoms with Crippen LogP contribution in [0.1, 0.15) is 39.9 Å². The van der Waals surface area contributed by atoms with Crippen molar-refractivity contribution in [1.29, 1.82) is 0 Å². The fourth-order valence-corrected chi connectivity index (χ4v) is 5.95. The summed E-state index contributed by atoms with van der Waals surface area (Å²) in [7, 11) is 0. The van der Waals surface area contributed by atoms with Gasteiger partial charge in [0.15, 0.2) is 0 Å². The van der Waals surface area contributed by atoms with Crippen molar-refractivity contribution < 1.29 is 4.79 Å². The predicted octanol–water partition coefficient (Wildman–Crippen LogP) is 6.54. The molecule has 210 valence electrons. The molecule has 1 fully saturated rings. The fraction of sp³-hybridized carbons (Fsp3) is 0.294. The van der Waals surface area contributed by atoms with Crippen molar-refractivity contribution in [2.24, 2.45) is 0 Å². The first-order valence-corrected chi connectivity index (χ1v) is 14.8. The Balaban J connectivity index is 1.08. The van der Waals surface area contributed by atoms with E-state index >= 15 is 0 Å². The third-order valence-corrected chi connectivity index (χ3v) is 8.44. The number of hydrogen-bond donors (Lipinski definition) is 2. The van der Waals surface area contributed by atoms with Gasteiger partial charge in [-0.15, -0.1) is 0 Å². The Morgan fingerprint density at radius 1 is 0.951 bits per heavy atom. The van der Waals surface area contributed by atoms with E-state index in [-0.39, 0.29) is 11.9 Å². The largest absolute Gasteiger partial charge is 0.367 e. The molecule has 0 radical (unpaired) electrons. The van der Waals surface area contributed by atoms with E-state index in [1.807, 2.05) is 42.6 Å². The number of carbonyl (C=O) groups excluding carboxylic acids is 1. The summed E-state index contributed by atoms with van der Waals surface area (Å²) in [6, 6.07) is 26.9. The Labute approximate surface area is 247 Å². The maximum atomic E-state index is 13.0. The van der Waals surface area contributed by atoms with Crippen molar-refractivity contribution >= 4 is 29.0 Å². The number of amides is 1. The van der Waals surface area contributed by atoms with E-state index < -0.39 is 0 Å². The Morgan fingerprint density at radius 2 is 1.73 bits per heavy atom. The zero-order valence-electron chi connectivity index (χ0n) is 23.4. The lowest BCUT2D eigenvalue weighted by atomic mass is 10.0. The lowest BCUT2D eigenvalue weighted by molar-refractivity contribution is 0.0909. The van der Waals surface area contributed by atoms with Crippen LogP contribution in [0, 0.1) is 6.92 Å². The lowest BCUT2D eigenvalue weighted by Gasteiger charge is -2.32. The highest BCUT2D eigenvalue weighted by Gasteiger charge is 2.22. The van der Waals surface area contributed by atoms with Crippen molar-refractivity contribution in [3.63, 3.8) is 0 Å². The number of hydrogen-bond acceptors (Lipinski definition) is 5. The van der Waals surface area contributed by atoms with Crippen LogP contribution in [0.5, 0.6) is 0 Å². The van der Waals surface area contributed by atoms with Gasteiger partial charge in [-0.3, -0.25) is 9.69 Å². The van der Waals surface area contributed by atoms with Gasteiger partial charge in [0, 0.05) is 67.7 Å². The number of nitrogens with one attached hydrogen (secondary N) is 2. The number of aromatic nitrogens is 1. The Hall–Kier alpha value is -3.87. The highest BCUT2D eigenvalue weighted by atomic mass is 35.5. The number of likely N-dealkylation sites (tertiary alicyclic amines) is 1. The third-order valence-electron chi connectivity index (χ3n) is 8.21. The van der Waals surface area contributed by atoms with Gasteiger partial charge >= 0.3 is 0 Å². The Morgan fingerprint density at radius 3 is 2.51 bits per heavy atom. The highest BCUT2D eigenvalue weighted by molar-refractivity contribution is 6.30. The van der Waals surface area contributed by atoms with Crippen LogP contribution < -0.4 is 15.5 Å². The summed E-state index contributed by atoms with van der Waals surface area (Å²) in [5, 5.41) is 7.44. The normalized spacial score (nSPS) is 15.7. The Kier molecular flexibility index (Phi) is 8.21. The maximum absolute atomic E-state index is 13.0. The number of nitrogens with zero attached hydrogens (tertiary/aromatic N) is 3. The maximum Gasteiger partial charge on any atom is 0.251 e. The number of benzene rings is 3. The standard InChI is InChI=1S/C34H36ClN5O/c1-24-7-12-30(35)19-29(24)23-40-18-15-36-33-32(40)20-28(21-37-33)26-8-10-27(11-9-26)34(41)38-31-13-16-39(17-14-31)22-25-5-3-2-4-6-25/h2-12,19-21,31H,13-18,22-23H2,1H3,(H,36,37)(H,38,41). The molecule has 1 amide bonds. The molecule has 2 aliphatic heterocycles. The van der Waals surface area contributed by atoms with Crippen molar-refractivity contribution in [1.82, 2.24) is 15.2 Å². The molecule has 3 aromatic carbocycles. The van der Waals surface area contributed by atoms with Gasteiger partial charge in [-0.1, -0.05) is 60.1 Å². The van der Waals surface area contributed by atoms with E-state index in [0.717, 1.165) is 79.8 Å². The molecule has 0 spiro atoms. The third kappa shape index (κ3) is 6.55. The molecular formula is C34H36ClN5O. The molecule has 0 unspecified atom stereocenters. The van der Waals surface area contributed by atoms with E-state index in [9.17, 15) is 4.79 Å². The van der Waals surface area contributed by atoms with Crippen molar-refractivity contribution in [3.05, 3.63) is 112 Å². The summed E-state index contributed by atoms with van der Waals surface area (Å²) in [5.74, 6) is 0.888. The molecule has 1 saturated heterocycles. The van der Waals surface area contributed by atoms with E-state index in [0.29, 0.717) is 5.56 Å². The summed E-state index contributed by atoms with van der Waals surface area (Å²) in [6.07, 6.45) is 3.84. The number of anilines is 2. The lowest BCUT2D eigenvalue weighted by Crippen LogP contribution is -2.44. The number of piperidine rings is 1. The van der Waals surface area contributed by atoms with Gasteiger partial charge in [0.1, 0.15) is 5.82 Å². The number of rotatable bonds is 7. The van der Waals surface area contributed by atoms with E-state index in [1.165, 1.54) is 16.7 Å². The van der Waals surface area contributed by atoms with Gasteiger partial charge < -0.3 is 15.5 Å². The smallest absolute Gasteiger partial charge is 0.251 e. The topological polar surface area (TPSA) is 60.5 Å². The molecule has 0 bridgehead atoms. The average Bonchev–Trinajstić information content (AvgIpc) is 3.00. The van der Waals surface area contributed by atoms with Crippen molar-refractivity contribution in [2.45, 2.75) is 38.9 Å². The minimum absolute atomic E-state index is 0.00566. The number of halogens is 1. The summed E-state index contributed by atoms with van der Waals surface area (Å²) in [4.78, 5) is 22.6. The number of pyridine rings is 1. The van der Waals surface area contributed by atoms with Crippen LogP contribution in [0.25, 0.3) is 11.1 Å². The quantitative estimate of drug-likeness (QED) is 0.266. The van der Waals surface area contributed by atoms with Crippen LogP contribution in [-0.2, 0) is 13.1 Å². The van der Waals surface area contributed by atoms with Crippen LogP contribution in [-0.4, -0.2) is 48.0 Å². The SMILES string of the molecule is Cc1ccc(Cl)cc1CN1CCNc2ncc(-c3ccc(C(=O)NC4CCN(Cc5ccccc5)CC4)cc3)cc21. The molecule has 2 N–H and O–H groups in total. The second-order valence-corrected chi connectivity index (χ2v) is 11.5. The van der Waals surface area contributed by atoms with Crippen LogP contribution >= 0.6 is 11.6 Å². The zero-order valence-corrected chi connectivity index (χ0v) is 24.2. The molecule has 6 nitrogen and oxygen atoms in total. The second kappa shape index (κ2) is 12.3. The van der Waals surface area contributed by atoms with Crippen LogP contribution in [0.2, 0.25) is 5.02 Å². The molecule has 4 aromatic rings.